The lowest BCUT2D eigenvalue weighted by Crippen LogP contribution is -2.32. The zero-order valence-corrected chi connectivity index (χ0v) is 12.0. The number of nitrogens with one attached hydrogen (secondary N) is 1. The standard InChI is InChI=1S/C16H24FN/c1-15(2)14(16(15,3)4)13(18-5)10-11-7-6-8-12(17)9-11/h6-9,13-14,18H,10H2,1-5H3. The molecule has 1 aromatic rings. The highest BCUT2D eigenvalue weighted by atomic mass is 19.1. The van der Waals surface area contributed by atoms with Gasteiger partial charge in [-0.3, -0.25) is 0 Å². The fraction of sp³-hybridized carbons (Fsp3) is 0.625. The maximum Gasteiger partial charge on any atom is 0.123 e. The summed E-state index contributed by atoms with van der Waals surface area (Å²) in [6, 6.07) is 7.36. The molecule has 2 heteroatoms. The monoisotopic (exact) mass is 249 g/mol. The fourth-order valence-electron chi connectivity index (χ4n) is 3.56. The van der Waals surface area contributed by atoms with Crippen LogP contribution in [0, 0.1) is 22.6 Å². The molecule has 0 aliphatic heterocycles. The Morgan fingerprint density at radius 3 is 2.28 bits per heavy atom. The van der Waals surface area contributed by atoms with Gasteiger partial charge in [-0.05, 0) is 47.9 Å². The third-order valence-electron chi connectivity index (χ3n) is 5.25. The second-order valence-corrected chi connectivity index (χ2v) is 6.65. The van der Waals surface area contributed by atoms with Crippen LogP contribution in [0.4, 0.5) is 4.39 Å². The summed E-state index contributed by atoms with van der Waals surface area (Å²) in [6.45, 7) is 9.31. The molecule has 1 saturated carbocycles. The van der Waals surface area contributed by atoms with Crippen LogP contribution in [0.2, 0.25) is 0 Å². The topological polar surface area (TPSA) is 12.0 Å². The van der Waals surface area contributed by atoms with Crippen LogP contribution in [0.3, 0.4) is 0 Å². The molecule has 18 heavy (non-hydrogen) atoms. The van der Waals surface area contributed by atoms with E-state index >= 15 is 0 Å². The van der Waals surface area contributed by atoms with Crippen molar-refractivity contribution in [3.8, 4) is 0 Å². The van der Waals surface area contributed by atoms with E-state index in [4.69, 9.17) is 0 Å². The van der Waals surface area contributed by atoms with Gasteiger partial charge < -0.3 is 5.32 Å². The smallest absolute Gasteiger partial charge is 0.123 e. The van der Waals surface area contributed by atoms with Crippen LogP contribution >= 0.6 is 0 Å². The van der Waals surface area contributed by atoms with Gasteiger partial charge in [0.15, 0.2) is 0 Å². The highest BCUT2D eigenvalue weighted by Crippen LogP contribution is 2.69. The first kappa shape index (κ1) is 13.5. The average molecular weight is 249 g/mol. The number of hydrogen-bond acceptors (Lipinski definition) is 1. The van der Waals surface area contributed by atoms with Crippen molar-refractivity contribution in [2.75, 3.05) is 7.05 Å². The number of benzene rings is 1. The van der Waals surface area contributed by atoms with Crippen LogP contribution in [0.5, 0.6) is 0 Å². The summed E-state index contributed by atoms with van der Waals surface area (Å²) in [5.41, 5.74) is 1.79. The minimum absolute atomic E-state index is 0.142. The molecule has 2 rings (SSSR count). The van der Waals surface area contributed by atoms with Gasteiger partial charge in [0.25, 0.3) is 0 Å². The lowest BCUT2D eigenvalue weighted by molar-refractivity contribution is 0.420. The Morgan fingerprint density at radius 2 is 1.83 bits per heavy atom. The van der Waals surface area contributed by atoms with Crippen molar-refractivity contribution in [1.82, 2.24) is 5.32 Å². The first-order valence-corrected chi connectivity index (χ1v) is 6.72. The third kappa shape index (κ3) is 2.07. The summed E-state index contributed by atoms with van der Waals surface area (Å²) < 4.78 is 13.2. The molecule has 100 valence electrons. The molecule has 1 fully saturated rings. The lowest BCUT2D eigenvalue weighted by atomic mass is 9.97. The second-order valence-electron chi connectivity index (χ2n) is 6.65. The SMILES string of the molecule is CNC(Cc1cccc(F)c1)C1C(C)(C)C1(C)C. The van der Waals surface area contributed by atoms with E-state index in [9.17, 15) is 4.39 Å². The Kier molecular flexibility index (Phi) is 3.26. The van der Waals surface area contributed by atoms with E-state index in [-0.39, 0.29) is 5.82 Å². The van der Waals surface area contributed by atoms with Gasteiger partial charge in [-0.1, -0.05) is 39.8 Å². The maximum absolute atomic E-state index is 13.2. The molecular weight excluding hydrogens is 225 g/mol. The van der Waals surface area contributed by atoms with Gasteiger partial charge in [0.2, 0.25) is 0 Å². The van der Waals surface area contributed by atoms with Crippen LogP contribution in [0.25, 0.3) is 0 Å². The van der Waals surface area contributed by atoms with Crippen molar-refractivity contribution < 1.29 is 4.39 Å². The Labute approximate surface area is 110 Å². The van der Waals surface area contributed by atoms with Crippen LogP contribution in [0.15, 0.2) is 24.3 Å². The Balaban J connectivity index is 2.13. The first-order valence-electron chi connectivity index (χ1n) is 6.72. The van der Waals surface area contributed by atoms with E-state index in [1.165, 1.54) is 6.07 Å². The summed E-state index contributed by atoms with van der Waals surface area (Å²) in [7, 11) is 2.01. The van der Waals surface area contributed by atoms with Gasteiger partial charge in [-0.15, -0.1) is 0 Å². The van der Waals surface area contributed by atoms with Crippen molar-refractivity contribution in [3.05, 3.63) is 35.6 Å². The molecule has 1 nitrogen and oxygen atoms in total. The van der Waals surface area contributed by atoms with Gasteiger partial charge in [0.05, 0.1) is 0 Å². The molecule has 0 aromatic heterocycles. The Morgan fingerprint density at radius 1 is 1.22 bits per heavy atom. The highest BCUT2D eigenvalue weighted by Gasteiger charge is 2.66. The summed E-state index contributed by atoms with van der Waals surface area (Å²) in [6.07, 6.45) is 0.895. The summed E-state index contributed by atoms with van der Waals surface area (Å²) in [4.78, 5) is 0. The van der Waals surface area contributed by atoms with Crippen molar-refractivity contribution in [3.63, 3.8) is 0 Å². The van der Waals surface area contributed by atoms with E-state index in [0.29, 0.717) is 22.8 Å². The summed E-state index contributed by atoms with van der Waals surface area (Å²) in [5.74, 6) is 0.495. The van der Waals surface area contributed by atoms with Crippen LogP contribution in [0.1, 0.15) is 33.3 Å². The zero-order chi connectivity index (χ0) is 13.6. The van der Waals surface area contributed by atoms with Crippen molar-refractivity contribution >= 4 is 0 Å². The molecule has 0 spiro atoms. The van der Waals surface area contributed by atoms with E-state index in [0.717, 1.165) is 12.0 Å². The predicted octanol–water partition coefficient (Wildman–Crippen LogP) is 3.64. The predicted molar refractivity (Wildman–Crippen MR) is 74.0 cm³/mol. The first-order chi connectivity index (χ1) is 8.30. The molecule has 0 heterocycles. The molecule has 1 unspecified atom stereocenters. The number of rotatable bonds is 4. The molecule has 1 aliphatic rings. The molecular formula is C16H24FN. The summed E-state index contributed by atoms with van der Waals surface area (Å²) in [5, 5.41) is 3.42. The molecule has 0 bridgehead atoms. The fourth-order valence-corrected chi connectivity index (χ4v) is 3.56. The van der Waals surface area contributed by atoms with E-state index < -0.39 is 0 Å². The number of halogens is 1. The summed E-state index contributed by atoms with van der Waals surface area (Å²) >= 11 is 0. The maximum atomic E-state index is 13.2. The zero-order valence-electron chi connectivity index (χ0n) is 12.0. The van der Waals surface area contributed by atoms with Crippen LogP contribution < -0.4 is 5.32 Å². The third-order valence-corrected chi connectivity index (χ3v) is 5.25. The van der Waals surface area contributed by atoms with Crippen molar-refractivity contribution in [2.45, 2.75) is 40.2 Å². The van der Waals surface area contributed by atoms with E-state index in [1.54, 1.807) is 12.1 Å². The van der Waals surface area contributed by atoms with Gasteiger partial charge in [-0.25, -0.2) is 4.39 Å². The average Bonchev–Trinajstić information content (AvgIpc) is 2.67. The van der Waals surface area contributed by atoms with Gasteiger partial charge in [0, 0.05) is 6.04 Å². The minimum atomic E-state index is -0.142. The van der Waals surface area contributed by atoms with Gasteiger partial charge in [-0.2, -0.15) is 0 Å². The largest absolute Gasteiger partial charge is 0.316 e. The molecule has 0 saturated heterocycles. The van der Waals surface area contributed by atoms with E-state index in [1.807, 2.05) is 13.1 Å². The second kappa shape index (κ2) is 4.34. The molecule has 1 aromatic carbocycles. The minimum Gasteiger partial charge on any atom is -0.316 e. The highest BCUT2D eigenvalue weighted by molar-refractivity contribution is 5.22. The van der Waals surface area contributed by atoms with Gasteiger partial charge >= 0.3 is 0 Å². The lowest BCUT2D eigenvalue weighted by Gasteiger charge is -2.18. The van der Waals surface area contributed by atoms with Crippen molar-refractivity contribution in [2.24, 2.45) is 16.7 Å². The molecule has 1 N–H and O–H groups in total. The van der Waals surface area contributed by atoms with Gasteiger partial charge in [0.1, 0.15) is 5.82 Å². The van der Waals surface area contributed by atoms with Crippen LogP contribution in [-0.2, 0) is 6.42 Å². The Bertz CT molecular complexity index is 422. The number of likely N-dealkylation sites (N-methyl/N-ethyl adjacent to an activating group) is 1. The Hall–Kier alpha value is -0.890. The molecule has 1 aliphatic carbocycles. The molecule has 1 atom stereocenters. The number of hydrogen-bond donors (Lipinski definition) is 1. The quantitative estimate of drug-likeness (QED) is 0.859. The molecule has 0 amide bonds. The van der Waals surface area contributed by atoms with Crippen molar-refractivity contribution in [1.29, 1.82) is 0 Å². The van der Waals surface area contributed by atoms with Crippen LogP contribution in [-0.4, -0.2) is 13.1 Å². The molecule has 0 radical (unpaired) electrons. The normalized spacial score (nSPS) is 22.8. The van der Waals surface area contributed by atoms with E-state index in [2.05, 4.69) is 33.0 Å².